The van der Waals surface area contributed by atoms with Crippen LogP contribution in [0.4, 0.5) is 27.5 Å². The van der Waals surface area contributed by atoms with Crippen LogP contribution < -0.4 is 10.2 Å². The van der Waals surface area contributed by atoms with Gasteiger partial charge in [-0.05, 0) is 35.9 Å². The molecule has 0 saturated carbocycles. The van der Waals surface area contributed by atoms with E-state index in [4.69, 9.17) is 0 Å². The SMILES string of the molecule is Fc1ccccc1Nc1ccnc(N(Cc2ccccc2)c2ccccc2)n1. The Morgan fingerprint density at radius 1 is 0.786 bits per heavy atom. The van der Waals surface area contributed by atoms with E-state index in [1.807, 2.05) is 53.4 Å². The summed E-state index contributed by atoms with van der Waals surface area (Å²) in [4.78, 5) is 11.1. The zero-order valence-corrected chi connectivity index (χ0v) is 15.2. The standard InChI is InChI=1S/C23H19FN4/c24-20-13-7-8-14-21(20)26-22-15-16-25-23(27-22)28(19-11-5-2-6-12-19)17-18-9-3-1-4-10-18/h1-16H,17H2,(H,25,26,27). The van der Waals surface area contributed by atoms with Crippen molar-refractivity contribution < 1.29 is 4.39 Å². The number of anilines is 4. The molecule has 28 heavy (non-hydrogen) atoms. The minimum absolute atomic E-state index is 0.327. The van der Waals surface area contributed by atoms with Gasteiger partial charge in [-0.2, -0.15) is 4.98 Å². The van der Waals surface area contributed by atoms with Gasteiger partial charge in [-0.25, -0.2) is 9.37 Å². The minimum atomic E-state index is -0.327. The van der Waals surface area contributed by atoms with Gasteiger partial charge >= 0.3 is 0 Å². The Morgan fingerprint density at radius 3 is 2.21 bits per heavy atom. The third-order valence-electron chi connectivity index (χ3n) is 4.27. The maximum absolute atomic E-state index is 14.0. The van der Waals surface area contributed by atoms with Crippen molar-refractivity contribution >= 4 is 23.1 Å². The predicted octanol–water partition coefficient (Wildman–Crippen LogP) is 5.70. The molecule has 1 heterocycles. The van der Waals surface area contributed by atoms with Crippen LogP contribution in [0.3, 0.4) is 0 Å². The monoisotopic (exact) mass is 370 g/mol. The quantitative estimate of drug-likeness (QED) is 0.473. The van der Waals surface area contributed by atoms with E-state index < -0.39 is 0 Å². The average molecular weight is 370 g/mol. The minimum Gasteiger partial charge on any atom is -0.338 e. The van der Waals surface area contributed by atoms with Crippen molar-refractivity contribution in [1.29, 1.82) is 0 Å². The van der Waals surface area contributed by atoms with Gasteiger partial charge in [0.25, 0.3) is 0 Å². The van der Waals surface area contributed by atoms with Crippen LogP contribution in [0.5, 0.6) is 0 Å². The summed E-state index contributed by atoms with van der Waals surface area (Å²) >= 11 is 0. The lowest BCUT2D eigenvalue weighted by Gasteiger charge is -2.23. The first kappa shape index (κ1) is 17.7. The molecule has 0 aliphatic rings. The summed E-state index contributed by atoms with van der Waals surface area (Å²) in [6, 6.07) is 28.4. The molecule has 0 atom stereocenters. The van der Waals surface area contributed by atoms with Gasteiger partial charge in [0, 0.05) is 11.9 Å². The molecule has 0 bridgehead atoms. The molecule has 3 aromatic carbocycles. The van der Waals surface area contributed by atoms with Crippen LogP contribution in [0.2, 0.25) is 0 Å². The lowest BCUT2D eigenvalue weighted by Crippen LogP contribution is -2.19. The summed E-state index contributed by atoms with van der Waals surface area (Å²) in [7, 11) is 0. The van der Waals surface area contributed by atoms with Crippen molar-refractivity contribution in [2.75, 3.05) is 10.2 Å². The molecule has 1 N–H and O–H groups in total. The highest BCUT2D eigenvalue weighted by Gasteiger charge is 2.14. The number of hydrogen-bond donors (Lipinski definition) is 1. The number of rotatable bonds is 6. The Labute approximate surface area is 163 Å². The molecule has 0 fully saturated rings. The highest BCUT2D eigenvalue weighted by Crippen LogP contribution is 2.26. The maximum Gasteiger partial charge on any atom is 0.232 e. The van der Waals surface area contributed by atoms with E-state index in [1.165, 1.54) is 6.07 Å². The molecule has 4 aromatic rings. The molecule has 5 heteroatoms. The fourth-order valence-electron chi connectivity index (χ4n) is 2.90. The van der Waals surface area contributed by atoms with Crippen LogP contribution in [0, 0.1) is 5.82 Å². The van der Waals surface area contributed by atoms with E-state index >= 15 is 0 Å². The molecule has 0 spiro atoms. The molecule has 1 aromatic heterocycles. The van der Waals surface area contributed by atoms with E-state index in [0.717, 1.165) is 11.3 Å². The summed E-state index contributed by atoms with van der Waals surface area (Å²) in [6.45, 7) is 0.619. The van der Waals surface area contributed by atoms with Crippen molar-refractivity contribution in [2.24, 2.45) is 0 Å². The summed E-state index contributed by atoms with van der Waals surface area (Å²) < 4.78 is 14.0. The number of nitrogens with one attached hydrogen (secondary N) is 1. The van der Waals surface area contributed by atoms with Gasteiger partial charge in [-0.1, -0.05) is 60.7 Å². The summed E-state index contributed by atoms with van der Waals surface area (Å²) in [6.07, 6.45) is 1.67. The first-order chi connectivity index (χ1) is 13.8. The molecule has 0 unspecified atom stereocenters. The third kappa shape index (κ3) is 4.15. The van der Waals surface area contributed by atoms with E-state index in [9.17, 15) is 4.39 Å². The maximum atomic E-state index is 14.0. The van der Waals surface area contributed by atoms with E-state index in [2.05, 4.69) is 27.4 Å². The number of hydrogen-bond acceptors (Lipinski definition) is 4. The average Bonchev–Trinajstić information content (AvgIpc) is 2.75. The summed E-state index contributed by atoms with van der Waals surface area (Å²) in [5.41, 5.74) is 2.50. The first-order valence-electron chi connectivity index (χ1n) is 9.01. The number of benzene rings is 3. The van der Waals surface area contributed by atoms with Crippen molar-refractivity contribution in [2.45, 2.75) is 6.54 Å². The lowest BCUT2D eigenvalue weighted by atomic mass is 10.2. The molecule has 138 valence electrons. The molecule has 4 nitrogen and oxygen atoms in total. The number of halogens is 1. The zero-order valence-electron chi connectivity index (χ0n) is 15.2. The Morgan fingerprint density at radius 2 is 1.46 bits per heavy atom. The Bertz CT molecular complexity index is 1040. The van der Waals surface area contributed by atoms with Crippen molar-refractivity contribution in [3.8, 4) is 0 Å². The highest BCUT2D eigenvalue weighted by molar-refractivity contribution is 5.61. The van der Waals surface area contributed by atoms with Gasteiger partial charge in [0.15, 0.2) is 0 Å². The molecular weight excluding hydrogens is 351 g/mol. The van der Waals surface area contributed by atoms with Gasteiger partial charge < -0.3 is 10.2 Å². The molecular formula is C23H19FN4. The smallest absolute Gasteiger partial charge is 0.232 e. The molecule has 4 rings (SSSR count). The predicted molar refractivity (Wildman–Crippen MR) is 110 cm³/mol. The topological polar surface area (TPSA) is 41.1 Å². The molecule has 0 aliphatic heterocycles. The molecule has 0 radical (unpaired) electrons. The lowest BCUT2D eigenvalue weighted by molar-refractivity contribution is 0.632. The number of para-hydroxylation sites is 2. The Kier molecular flexibility index (Phi) is 5.24. The van der Waals surface area contributed by atoms with Gasteiger partial charge in [-0.15, -0.1) is 0 Å². The third-order valence-corrected chi connectivity index (χ3v) is 4.27. The second-order valence-corrected chi connectivity index (χ2v) is 6.25. The van der Waals surface area contributed by atoms with E-state index in [-0.39, 0.29) is 5.82 Å². The second-order valence-electron chi connectivity index (χ2n) is 6.25. The number of nitrogens with zero attached hydrogens (tertiary/aromatic N) is 3. The van der Waals surface area contributed by atoms with E-state index in [0.29, 0.717) is 24.0 Å². The van der Waals surface area contributed by atoms with Gasteiger partial charge in [0.05, 0.1) is 12.2 Å². The Balaban J connectivity index is 1.67. The number of aromatic nitrogens is 2. The van der Waals surface area contributed by atoms with Crippen LogP contribution in [0.15, 0.2) is 97.2 Å². The molecule has 0 aliphatic carbocycles. The van der Waals surface area contributed by atoms with Crippen LogP contribution in [0.1, 0.15) is 5.56 Å². The largest absolute Gasteiger partial charge is 0.338 e. The fourth-order valence-corrected chi connectivity index (χ4v) is 2.90. The van der Waals surface area contributed by atoms with Gasteiger partial charge in [0.1, 0.15) is 11.6 Å². The summed E-state index contributed by atoms with van der Waals surface area (Å²) in [5.74, 6) is 0.743. The van der Waals surface area contributed by atoms with Crippen molar-refractivity contribution in [3.63, 3.8) is 0 Å². The Hall–Kier alpha value is -3.73. The van der Waals surface area contributed by atoms with Crippen LogP contribution >= 0.6 is 0 Å². The first-order valence-corrected chi connectivity index (χ1v) is 9.01. The van der Waals surface area contributed by atoms with Gasteiger partial charge in [0.2, 0.25) is 5.95 Å². The van der Waals surface area contributed by atoms with E-state index in [1.54, 1.807) is 30.5 Å². The molecule has 0 amide bonds. The normalized spacial score (nSPS) is 10.5. The highest BCUT2D eigenvalue weighted by atomic mass is 19.1. The van der Waals surface area contributed by atoms with Crippen molar-refractivity contribution in [3.05, 3.63) is 109 Å². The van der Waals surface area contributed by atoms with Crippen molar-refractivity contribution in [1.82, 2.24) is 9.97 Å². The summed E-state index contributed by atoms with van der Waals surface area (Å²) in [5, 5.41) is 3.03. The fraction of sp³-hybridized carbons (Fsp3) is 0.0435. The van der Waals surface area contributed by atoms with Gasteiger partial charge in [-0.3, -0.25) is 0 Å². The second kappa shape index (κ2) is 8.31. The van der Waals surface area contributed by atoms with Crippen LogP contribution in [-0.2, 0) is 6.54 Å². The van der Waals surface area contributed by atoms with Crippen LogP contribution in [0.25, 0.3) is 0 Å². The molecule has 0 saturated heterocycles. The van der Waals surface area contributed by atoms with Crippen LogP contribution in [-0.4, -0.2) is 9.97 Å². The zero-order chi connectivity index (χ0) is 19.2.